The quantitative estimate of drug-likeness (QED) is 0.417. The molecule has 0 aromatic rings. The van der Waals surface area contributed by atoms with Crippen molar-refractivity contribution in [2.45, 2.75) is 18.9 Å². The number of rotatable bonds is 5. The van der Waals surface area contributed by atoms with Crippen LogP contribution >= 0.6 is 0 Å². The SMILES string of the molecule is CNC(CCC(=O)[O-])C(=O)[O-].[Li+].[Li+]. The van der Waals surface area contributed by atoms with Gasteiger partial charge in [0.25, 0.3) is 0 Å². The van der Waals surface area contributed by atoms with E-state index >= 15 is 0 Å². The van der Waals surface area contributed by atoms with Gasteiger partial charge in [0.05, 0.1) is 5.97 Å². The van der Waals surface area contributed by atoms with E-state index in [-0.39, 0.29) is 50.6 Å². The first-order valence-electron chi connectivity index (χ1n) is 3.16. The molecule has 0 heterocycles. The molecule has 0 radical (unpaired) electrons. The van der Waals surface area contributed by atoms with Gasteiger partial charge in [0.2, 0.25) is 0 Å². The minimum Gasteiger partial charge on any atom is -0.550 e. The van der Waals surface area contributed by atoms with Crippen LogP contribution in [0.5, 0.6) is 0 Å². The fourth-order valence-corrected chi connectivity index (χ4v) is 0.642. The third-order valence-corrected chi connectivity index (χ3v) is 1.27. The summed E-state index contributed by atoms with van der Waals surface area (Å²) in [4.78, 5) is 20.0. The van der Waals surface area contributed by atoms with E-state index in [4.69, 9.17) is 0 Å². The maximum absolute atomic E-state index is 10.2. The second kappa shape index (κ2) is 10.2. The standard InChI is InChI=1S/C6H11NO4.2Li/c1-7-4(6(10)11)2-3-5(8)9;;/h4,7H,2-3H2,1H3,(H,8,9)(H,10,11);;/q;2*+1/p-2. The average Bonchev–Trinajstić information content (AvgIpc) is 1.87. The number of hydrogen-bond donors (Lipinski definition) is 1. The zero-order valence-electron chi connectivity index (χ0n) is 8.12. The van der Waals surface area contributed by atoms with E-state index in [9.17, 15) is 19.8 Å². The molecule has 0 spiro atoms. The monoisotopic (exact) mass is 173 g/mol. The van der Waals surface area contributed by atoms with Crippen molar-refractivity contribution < 1.29 is 57.5 Å². The number of likely N-dealkylation sites (N-methyl/N-ethyl adjacent to an activating group) is 1. The van der Waals surface area contributed by atoms with Crippen molar-refractivity contribution in [3.8, 4) is 0 Å². The maximum atomic E-state index is 10.2. The molecule has 13 heavy (non-hydrogen) atoms. The van der Waals surface area contributed by atoms with Crippen LogP contribution in [0.4, 0.5) is 0 Å². The van der Waals surface area contributed by atoms with Gasteiger partial charge in [-0.3, -0.25) is 0 Å². The normalized spacial score (nSPS) is 10.5. The predicted molar refractivity (Wildman–Crippen MR) is 32.1 cm³/mol. The molecule has 0 aromatic carbocycles. The second-order valence-electron chi connectivity index (χ2n) is 2.07. The van der Waals surface area contributed by atoms with Crippen molar-refractivity contribution in [3.63, 3.8) is 0 Å². The minimum absolute atomic E-state index is 0. The summed E-state index contributed by atoms with van der Waals surface area (Å²) in [7, 11) is 1.43. The van der Waals surface area contributed by atoms with E-state index in [2.05, 4.69) is 5.32 Å². The van der Waals surface area contributed by atoms with E-state index in [0.29, 0.717) is 0 Å². The van der Waals surface area contributed by atoms with Gasteiger partial charge in [-0.15, -0.1) is 0 Å². The van der Waals surface area contributed by atoms with Crippen LogP contribution in [0.3, 0.4) is 0 Å². The number of carbonyl (C=O) groups excluding carboxylic acids is 2. The van der Waals surface area contributed by atoms with Crippen LogP contribution in [-0.4, -0.2) is 25.0 Å². The number of nitrogens with one attached hydrogen (secondary N) is 1. The average molecular weight is 173 g/mol. The third kappa shape index (κ3) is 10.0. The molecular weight excluding hydrogens is 164 g/mol. The Bertz CT molecular complexity index is 165. The van der Waals surface area contributed by atoms with Gasteiger partial charge in [-0.25, -0.2) is 0 Å². The summed E-state index contributed by atoms with van der Waals surface area (Å²) in [6.45, 7) is 0. The topological polar surface area (TPSA) is 92.3 Å². The van der Waals surface area contributed by atoms with E-state index in [1.165, 1.54) is 7.05 Å². The van der Waals surface area contributed by atoms with Crippen LogP contribution in [0.15, 0.2) is 0 Å². The van der Waals surface area contributed by atoms with Crippen LogP contribution < -0.4 is 53.3 Å². The zero-order valence-corrected chi connectivity index (χ0v) is 8.12. The number of aliphatic carboxylic acids is 2. The van der Waals surface area contributed by atoms with Gasteiger partial charge < -0.3 is 25.1 Å². The Labute approximate surface area is 101 Å². The summed E-state index contributed by atoms with van der Waals surface area (Å²) in [6, 6.07) is -0.909. The molecule has 1 atom stereocenters. The van der Waals surface area contributed by atoms with Gasteiger partial charge in [0.1, 0.15) is 0 Å². The Hall–Kier alpha value is 0.0948. The fourth-order valence-electron chi connectivity index (χ4n) is 0.642. The Balaban J connectivity index is -0.000000500. The van der Waals surface area contributed by atoms with Gasteiger partial charge >= 0.3 is 37.7 Å². The van der Waals surface area contributed by atoms with Crippen molar-refractivity contribution >= 4 is 11.9 Å². The summed E-state index contributed by atoms with van der Waals surface area (Å²) >= 11 is 0. The van der Waals surface area contributed by atoms with Crippen LogP contribution in [0, 0.1) is 0 Å². The van der Waals surface area contributed by atoms with Crippen LogP contribution in [0.25, 0.3) is 0 Å². The van der Waals surface area contributed by atoms with E-state index in [0.717, 1.165) is 0 Å². The smallest absolute Gasteiger partial charge is 0.550 e. The molecule has 0 aliphatic rings. The van der Waals surface area contributed by atoms with E-state index in [1.807, 2.05) is 0 Å². The Morgan fingerprint density at radius 3 is 2.00 bits per heavy atom. The molecule has 0 aliphatic carbocycles. The van der Waals surface area contributed by atoms with Gasteiger partial charge in [-0.1, -0.05) is 0 Å². The summed E-state index contributed by atoms with van der Waals surface area (Å²) in [6.07, 6.45) is -0.291. The molecule has 7 heteroatoms. The van der Waals surface area contributed by atoms with Crippen molar-refractivity contribution in [2.75, 3.05) is 7.05 Å². The summed E-state index contributed by atoms with van der Waals surface area (Å²) < 4.78 is 0. The zero-order chi connectivity index (χ0) is 8.85. The molecule has 0 aliphatic heterocycles. The van der Waals surface area contributed by atoms with Crippen molar-refractivity contribution in [2.24, 2.45) is 0 Å². The first kappa shape index (κ1) is 18.8. The van der Waals surface area contributed by atoms with Crippen LogP contribution in [-0.2, 0) is 9.59 Å². The molecule has 0 aromatic heterocycles. The van der Waals surface area contributed by atoms with Gasteiger partial charge in [-0.05, 0) is 19.9 Å². The predicted octanol–water partition coefficient (Wildman–Crippen LogP) is -9.14. The number of hydrogen-bond acceptors (Lipinski definition) is 5. The molecule has 0 saturated carbocycles. The fraction of sp³-hybridized carbons (Fsp3) is 0.667. The molecule has 1 unspecified atom stereocenters. The number of carbonyl (C=O) groups is 2. The maximum Gasteiger partial charge on any atom is 1.00 e. The number of carboxylic acids is 2. The molecule has 0 saturated heterocycles. The molecule has 0 fully saturated rings. The Morgan fingerprint density at radius 2 is 1.77 bits per heavy atom. The van der Waals surface area contributed by atoms with Crippen LogP contribution in [0.2, 0.25) is 0 Å². The molecule has 1 N–H and O–H groups in total. The van der Waals surface area contributed by atoms with Gasteiger partial charge in [0.15, 0.2) is 0 Å². The van der Waals surface area contributed by atoms with Crippen molar-refractivity contribution in [1.82, 2.24) is 5.32 Å². The van der Waals surface area contributed by atoms with Crippen LogP contribution in [0.1, 0.15) is 12.8 Å². The van der Waals surface area contributed by atoms with Crippen molar-refractivity contribution in [1.29, 1.82) is 0 Å². The molecule has 0 rings (SSSR count). The largest absolute Gasteiger partial charge is 1.00 e. The van der Waals surface area contributed by atoms with Gasteiger partial charge in [-0.2, -0.15) is 0 Å². The molecule has 64 valence electrons. The minimum atomic E-state index is -1.30. The first-order chi connectivity index (χ1) is 5.07. The Morgan fingerprint density at radius 1 is 1.31 bits per heavy atom. The molecule has 0 bridgehead atoms. The number of carboxylic acid groups (broad SMARTS) is 2. The van der Waals surface area contributed by atoms with E-state index < -0.39 is 18.0 Å². The summed E-state index contributed by atoms with van der Waals surface area (Å²) in [5, 5.41) is 22.4. The molecule has 5 nitrogen and oxygen atoms in total. The van der Waals surface area contributed by atoms with E-state index in [1.54, 1.807) is 0 Å². The van der Waals surface area contributed by atoms with Gasteiger partial charge in [0, 0.05) is 12.0 Å². The second-order valence-corrected chi connectivity index (χ2v) is 2.07. The molecular formula is C6H9Li2NO4. The third-order valence-electron chi connectivity index (χ3n) is 1.27. The molecule has 0 amide bonds. The van der Waals surface area contributed by atoms with Crippen molar-refractivity contribution in [3.05, 3.63) is 0 Å². The summed E-state index contributed by atoms with van der Waals surface area (Å²) in [5.41, 5.74) is 0. The summed E-state index contributed by atoms with van der Waals surface area (Å²) in [5.74, 6) is -2.56. The Kier molecular flexibility index (Phi) is 14.7. The first-order valence-corrected chi connectivity index (χ1v) is 3.16.